The van der Waals surface area contributed by atoms with Gasteiger partial charge in [-0.25, -0.2) is 4.98 Å². The molecule has 25 heavy (non-hydrogen) atoms. The molecule has 0 unspecified atom stereocenters. The summed E-state index contributed by atoms with van der Waals surface area (Å²) in [6.07, 6.45) is 0. The Morgan fingerprint density at radius 3 is 2.60 bits per heavy atom. The van der Waals surface area contributed by atoms with Crippen molar-refractivity contribution in [2.75, 3.05) is 11.1 Å². The summed E-state index contributed by atoms with van der Waals surface area (Å²) in [6, 6.07) is 15.1. The van der Waals surface area contributed by atoms with Crippen LogP contribution in [-0.2, 0) is 4.79 Å². The van der Waals surface area contributed by atoms with E-state index in [9.17, 15) is 9.59 Å². The number of nitrogens with zero attached hydrogens (tertiary/aromatic N) is 2. The first-order chi connectivity index (χ1) is 12.2. The van der Waals surface area contributed by atoms with Crippen molar-refractivity contribution in [3.05, 3.63) is 58.9 Å². The van der Waals surface area contributed by atoms with E-state index in [1.807, 2.05) is 36.4 Å². The number of rotatable bonds is 4. The third-order valence-electron chi connectivity index (χ3n) is 3.37. The predicted octanol–water partition coefficient (Wildman–Crippen LogP) is 4.00. The van der Waals surface area contributed by atoms with E-state index in [0.29, 0.717) is 10.5 Å². The summed E-state index contributed by atoms with van der Waals surface area (Å²) in [7, 11) is 0. The summed E-state index contributed by atoms with van der Waals surface area (Å²) in [6.45, 7) is 0. The molecule has 4 aromatic rings. The Kier molecular flexibility index (Phi) is 4.48. The number of nitrogens with one attached hydrogen (secondary N) is 1. The molecule has 2 aromatic heterocycles. The van der Waals surface area contributed by atoms with Crippen LogP contribution >= 0.6 is 34.4 Å². The lowest BCUT2D eigenvalue weighted by Crippen LogP contribution is -2.17. The lowest BCUT2D eigenvalue weighted by Gasteiger charge is -2.03. The summed E-state index contributed by atoms with van der Waals surface area (Å²) in [4.78, 5) is 32.6. The molecule has 0 aliphatic heterocycles. The largest absolute Gasteiger partial charge is 0.301 e. The molecule has 0 spiro atoms. The Bertz CT molecular complexity index is 1100. The zero-order valence-electron chi connectivity index (χ0n) is 12.8. The summed E-state index contributed by atoms with van der Waals surface area (Å²) in [5, 5.41) is 3.59. The maximum atomic E-state index is 12.2. The third-order valence-corrected chi connectivity index (χ3v) is 6.52. The topological polar surface area (TPSA) is 72.0 Å². The molecule has 8 heteroatoms. The maximum Gasteiger partial charge on any atom is 0.281 e. The number of carbonyl (C=O) groups is 1. The number of para-hydroxylation sites is 1. The van der Waals surface area contributed by atoms with Crippen molar-refractivity contribution in [1.29, 1.82) is 0 Å². The summed E-state index contributed by atoms with van der Waals surface area (Å²) in [5.41, 5.74) is 0.605. The fourth-order valence-corrected chi connectivity index (χ4v) is 5.04. The van der Waals surface area contributed by atoms with Crippen molar-refractivity contribution in [3.63, 3.8) is 0 Å². The van der Waals surface area contributed by atoms with E-state index in [0.717, 1.165) is 19.3 Å². The van der Waals surface area contributed by atoms with E-state index in [4.69, 9.17) is 0 Å². The van der Waals surface area contributed by atoms with Gasteiger partial charge in [0.2, 0.25) is 5.91 Å². The van der Waals surface area contributed by atoms with Crippen LogP contribution in [0.1, 0.15) is 0 Å². The van der Waals surface area contributed by atoms with Crippen molar-refractivity contribution >= 4 is 65.8 Å². The minimum atomic E-state index is -0.330. The summed E-state index contributed by atoms with van der Waals surface area (Å²) in [5.74, 6) is 0.0117. The number of hydrogen-bond acceptors (Lipinski definition) is 7. The highest BCUT2D eigenvalue weighted by Crippen LogP contribution is 2.29. The first-order valence-corrected chi connectivity index (χ1v) is 9.99. The van der Waals surface area contributed by atoms with Crippen LogP contribution < -0.4 is 10.9 Å². The van der Waals surface area contributed by atoms with Gasteiger partial charge >= 0.3 is 0 Å². The van der Waals surface area contributed by atoms with Crippen molar-refractivity contribution in [2.24, 2.45) is 0 Å². The van der Waals surface area contributed by atoms with Gasteiger partial charge in [-0.3, -0.25) is 9.59 Å². The molecule has 124 valence electrons. The van der Waals surface area contributed by atoms with Gasteiger partial charge in [0.1, 0.15) is 0 Å². The number of fused-ring (bicyclic) bond motifs is 2. The molecule has 1 amide bonds. The SMILES string of the molecule is O=C(CSc1nc2ccccc2s1)Nc1nc(=O)c2ccccc2s1. The van der Waals surface area contributed by atoms with E-state index < -0.39 is 0 Å². The smallest absolute Gasteiger partial charge is 0.281 e. The van der Waals surface area contributed by atoms with E-state index in [-0.39, 0.29) is 17.2 Å². The van der Waals surface area contributed by atoms with Gasteiger partial charge in [-0.05, 0) is 24.3 Å². The predicted molar refractivity (Wildman–Crippen MR) is 105 cm³/mol. The highest BCUT2D eigenvalue weighted by Gasteiger charge is 2.10. The molecule has 0 saturated carbocycles. The third kappa shape index (κ3) is 3.55. The van der Waals surface area contributed by atoms with Crippen LogP contribution in [0.2, 0.25) is 0 Å². The molecule has 1 N–H and O–H groups in total. The number of carbonyl (C=O) groups excluding carboxylic acids is 1. The number of thioether (sulfide) groups is 1. The van der Waals surface area contributed by atoms with Crippen LogP contribution in [0.3, 0.4) is 0 Å². The first-order valence-electron chi connectivity index (χ1n) is 7.37. The quantitative estimate of drug-likeness (QED) is 0.538. The Labute approximate surface area is 154 Å². The monoisotopic (exact) mass is 385 g/mol. The number of anilines is 1. The van der Waals surface area contributed by atoms with Crippen LogP contribution in [0.4, 0.5) is 5.13 Å². The molecule has 0 atom stereocenters. The second-order valence-electron chi connectivity index (χ2n) is 5.10. The van der Waals surface area contributed by atoms with E-state index in [1.165, 1.54) is 23.1 Å². The van der Waals surface area contributed by atoms with Crippen LogP contribution in [0.5, 0.6) is 0 Å². The molecule has 5 nitrogen and oxygen atoms in total. The zero-order chi connectivity index (χ0) is 17.2. The molecular weight excluding hydrogens is 374 g/mol. The minimum Gasteiger partial charge on any atom is -0.301 e. The van der Waals surface area contributed by atoms with Crippen molar-refractivity contribution in [2.45, 2.75) is 4.34 Å². The standard InChI is InChI=1S/C17H11N3O2S3/c21-14(9-23-17-18-11-6-2-4-8-13(11)25-17)19-16-20-15(22)10-5-1-3-7-12(10)24-16/h1-8H,9H2,(H,19,20,21,22). The molecule has 0 fully saturated rings. The highest BCUT2D eigenvalue weighted by molar-refractivity contribution is 8.01. The van der Waals surface area contributed by atoms with Crippen molar-refractivity contribution in [3.8, 4) is 0 Å². The fraction of sp³-hybridized carbons (Fsp3) is 0.0588. The molecule has 4 rings (SSSR count). The lowest BCUT2D eigenvalue weighted by atomic mass is 10.3. The average Bonchev–Trinajstić information content (AvgIpc) is 3.03. The average molecular weight is 385 g/mol. The molecule has 0 bridgehead atoms. The molecule has 0 aliphatic rings. The van der Waals surface area contributed by atoms with Gasteiger partial charge in [0, 0.05) is 4.70 Å². The molecular formula is C17H11N3O2S3. The fourth-order valence-electron chi connectivity index (χ4n) is 2.26. The van der Waals surface area contributed by atoms with Crippen LogP contribution in [-0.4, -0.2) is 21.6 Å². The number of thiazole rings is 1. The Morgan fingerprint density at radius 1 is 1.00 bits per heavy atom. The Morgan fingerprint density at radius 2 is 1.76 bits per heavy atom. The lowest BCUT2D eigenvalue weighted by molar-refractivity contribution is -0.113. The van der Waals surface area contributed by atoms with Gasteiger partial charge in [-0.1, -0.05) is 47.4 Å². The molecule has 0 saturated heterocycles. The normalized spacial score (nSPS) is 11.0. The van der Waals surface area contributed by atoms with Gasteiger partial charge in [0.15, 0.2) is 9.47 Å². The molecule has 0 radical (unpaired) electrons. The van der Waals surface area contributed by atoms with Crippen LogP contribution in [0.15, 0.2) is 57.7 Å². The second kappa shape index (κ2) is 6.91. The second-order valence-corrected chi connectivity index (χ2v) is 8.39. The van der Waals surface area contributed by atoms with Gasteiger partial charge in [0.05, 0.1) is 21.4 Å². The van der Waals surface area contributed by atoms with Crippen molar-refractivity contribution in [1.82, 2.24) is 9.97 Å². The molecule has 2 heterocycles. The number of aromatic nitrogens is 2. The Balaban J connectivity index is 1.46. The van der Waals surface area contributed by atoms with Gasteiger partial charge in [-0.15, -0.1) is 11.3 Å². The first kappa shape index (κ1) is 16.2. The highest BCUT2D eigenvalue weighted by atomic mass is 32.2. The van der Waals surface area contributed by atoms with Gasteiger partial charge < -0.3 is 5.32 Å². The van der Waals surface area contributed by atoms with Crippen LogP contribution in [0.25, 0.3) is 20.3 Å². The van der Waals surface area contributed by atoms with Crippen LogP contribution in [0, 0.1) is 0 Å². The molecule has 0 aliphatic carbocycles. The van der Waals surface area contributed by atoms with Crippen molar-refractivity contribution < 1.29 is 4.79 Å². The maximum absolute atomic E-state index is 12.2. The van der Waals surface area contributed by atoms with Gasteiger partial charge in [0.25, 0.3) is 5.56 Å². The van der Waals surface area contributed by atoms with Gasteiger partial charge in [-0.2, -0.15) is 4.98 Å². The number of benzene rings is 2. The minimum absolute atomic E-state index is 0.206. The number of hydrogen-bond donors (Lipinski definition) is 1. The van der Waals surface area contributed by atoms with E-state index in [1.54, 1.807) is 23.5 Å². The number of amides is 1. The summed E-state index contributed by atoms with van der Waals surface area (Å²) < 4.78 is 2.74. The zero-order valence-corrected chi connectivity index (χ0v) is 15.2. The Hall–Kier alpha value is -2.29. The van der Waals surface area contributed by atoms with E-state index >= 15 is 0 Å². The van der Waals surface area contributed by atoms with E-state index in [2.05, 4.69) is 15.3 Å². The molecule has 2 aromatic carbocycles. The summed E-state index contributed by atoms with van der Waals surface area (Å²) >= 11 is 4.22.